The number of hydrogen-bond donors (Lipinski definition) is 1. The van der Waals surface area contributed by atoms with Crippen LogP contribution in [0.4, 0.5) is 13.2 Å². The smallest absolute Gasteiger partial charge is 0.310 e. The van der Waals surface area contributed by atoms with Crippen molar-refractivity contribution in [2.45, 2.75) is 44.8 Å². The van der Waals surface area contributed by atoms with E-state index < -0.39 is 11.7 Å². The van der Waals surface area contributed by atoms with Crippen LogP contribution in [-0.4, -0.2) is 6.54 Å². The predicted molar refractivity (Wildman–Crippen MR) is 74.4 cm³/mol. The number of alkyl halides is 3. The zero-order valence-corrected chi connectivity index (χ0v) is 11.6. The Morgan fingerprint density at radius 3 is 2.75 bits per heavy atom. The fourth-order valence-electron chi connectivity index (χ4n) is 2.52. The van der Waals surface area contributed by atoms with Gasteiger partial charge in [0, 0.05) is 6.04 Å². The Morgan fingerprint density at radius 1 is 1.30 bits per heavy atom. The van der Waals surface area contributed by atoms with Gasteiger partial charge >= 0.3 is 6.18 Å². The summed E-state index contributed by atoms with van der Waals surface area (Å²) in [5.41, 5.74) is 1.57. The molecule has 1 atom stereocenters. The van der Waals surface area contributed by atoms with Crippen LogP contribution in [0, 0.1) is 0 Å². The Labute approximate surface area is 117 Å². The van der Waals surface area contributed by atoms with Gasteiger partial charge in [0.2, 0.25) is 0 Å². The minimum Gasteiger partial charge on any atom is -0.310 e. The molecule has 1 aliphatic rings. The van der Waals surface area contributed by atoms with E-state index in [1.165, 1.54) is 37.0 Å². The summed E-state index contributed by atoms with van der Waals surface area (Å²) in [5, 5.41) is 3.30. The Kier molecular flexibility index (Phi) is 4.86. The lowest BCUT2D eigenvalue weighted by Crippen LogP contribution is -2.20. The van der Waals surface area contributed by atoms with Crippen LogP contribution < -0.4 is 5.32 Å². The molecule has 4 heteroatoms. The molecular weight excluding hydrogens is 263 g/mol. The molecule has 0 saturated carbocycles. The summed E-state index contributed by atoms with van der Waals surface area (Å²) in [7, 11) is 0. The van der Waals surface area contributed by atoms with Gasteiger partial charge in [-0.1, -0.05) is 23.8 Å². The third kappa shape index (κ3) is 4.10. The number of hydrogen-bond acceptors (Lipinski definition) is 1. The first-order chi connectivity index (χ1) is 9.47. The average Bonchev–Trinajstić information content (AvgIpc) is 2.91. The van der Waals surface area contributed by atoms with Crippen LogP contribution in [-0.2, 0) is 6.18 Å². The van der Waals surface area contributed by atoms with Crippen molar-refractivity contribution in [3.8, 4) is 0 Å². The first-order valence-corrected chi connectivity index (χ1v) is 7.05. The summed E-state index contributed by atoms with van der Waals surface area (Å²) >= 11 is 0. The van der Waals surface area contributed by atoms with Crippen molar-refractivity contribution in [2.24, 2.45) is 0 Å². The highest BCUT2D eigenvalue weighted by molar-refractivity contribution is 5.27. The van der Waals surface area contributed by atoms with E-state index in [9.17, 15) is 13.2 Å². The molecule has 0 aromatic heterocycles. The van der Waals surface area contributed by atoms with Crippen LogP contribution in [0.3, 0.4) is 0 Å². The van der Waals surface area contributed by atoms with Gasteiger partial charge in [-0.25, -0.2) is 0 Å². The van der Waals surface area contributed by atoms with E-state index in [0.717, 1.165) is 19.0 Å². The third-order valence-electron chi connectivity index (χ3n) is 3.75. The highest BCUT2D eigenvalue weighted by atomic mass is 19.4. The molecule has 2 rings (SSSR count). The van der Waals surface area contributed by atoms with E-state index >= 15 is 0 Å². The molecule has 1 aliphatic carbocycles. The van der Waals surface area contributed by atoms with E-state index in [2.05, 4.69) is 11.4 Å². The fraction of sp³-hybridized carbons (Fsp3) is 0.500. The van der Waals surface area contributed by atoms with Crippen molar-refractivity contribution in [3.63, 3.8) is 0 Å². The number of allylic oxidation sites excluding steroid dienone is 1. The quantitative estimate of drug-likeness (QED) is 0.761. The van der Waals surface area contributed by atoms with Crippen molar-refractivity contribution in [3.05, 3.63) is 47.0 Å². The Bertz CT molecular complexity index is 477. The van der Waals surface area contributed by atoms with Crippen LogP contribution in [0.15, 0.2) is 35.9 Å². The Hall–Kier alpha value is -1.29. The van der Waals surface area contributed by atoms with E-state index in [1.807, 2.05) is 6.92 Å². The van der Waals surface area contributed by atoms with E-state index in [4.69, 9.17) is 0 Å². The highest BCUT2D eigenvalue weighted by Crippen LogP contribution is 2.30. The van der Waals surface area contributed by atoms with Crippen molar-refractivity contribution in [1.29, 1.82) is 0 Å². The van der Waals surface area contributed by atoms with Crippen LogP contribution in [0.2, 0.25) is 0 Å². The number of benzene rings is 1. The maximum absolute atomic E-state index is 12.7. The zero-order valence-electron chi connectivity index (χ0n) is 11.6. The second-order valence-electron chi connectivity index (χ2n) is 5.30. The van der Waals surface area contributed by atoms with Crippen molar-refractivity contribution >= 4 is 0 Å². The molecule has 0 spiro atoms. The molecule has 20 heavy (non-hydrogen) atoms. The fourth-order valence-corrected chi connectivity index (χ4v) is 2.52. The molecule has 1 aromatic rings. The lowest BCUT2D eigenvalue weighted by Gasteiger charge is -2.16. The average molecular weight is 283 g/mol. The molecule has 1 N–H and O–H groups in total. The largest absolute Gasteiger partial charge is 0.416 e. The molecule has 0 saturated heterocycles. The maximum atomic E-state index is 12.7. The van der Waals surface area contributed by atoms with Gasteiger partial charge in [-0.3, -0.25) is 0 Å². The van der Waals surface area contributed by atoms with Gasteiger partial charge in [-0.15, -0.1) is 0 Å². The SMILES string of the molecule is CC(NCCC1=CCCC1)c1cccc(C(F)(F)F)c1. The van der Waals surface area contributed by atoms with Gasteiger partial charge in [0.15, 0.2) is 0 Å². The van der Waals surface area contributed by atoms with Gasteiger partial charge in [0.1, 0.15) is 0 Å². The molecular formula is C16H20F3N. The van der Waals surface area contributed by atoms with Gasteiger partial charge in [-0.2, -0.15) is 13.2 Å². The number of rotatable bonds is 5. The lowest BCUT2D eigenvalue weighted by atomic mass is 10.0. The summed E-state index contributed by atoms with van der Waals surface area (Å²) in [5.74, 6) is 0. The van der Waals surface area contributed by atoms with Crippen LogP contribution in [0.25, 0.3) is 0 Å². The molecule has 0 amide bonds. The molecule has 1 nitrogen and oxygen atoms in total. The second kappa shape index (κ2) is 6.44. The summed E-state index contributed by atoms with van der Waals surface area (Å²) < 4.78 is 38.0. The molecule has 0 heterocycles. The van der Waals surface area contributed by atoms with Gasteiger partial charge in [-0.05, 0) is 56.8 Å². The maximum Gasteiger partial charge on any atom is 0.416 e. The first kappa shape index (κ1) is 15.1. The van der Waals surface area contributed by atoms with Gasteiger partial charge in [0.25, 0.3) is 0 Å². The number of halogens is 3. The van der Waals surface area contributed by atoms with Crippen LogP contribution in [0.1, 0.15) is 49.8 Å². The Morgan fingerprint density at radius 2 is 2.10 bits per heavy atom. The first-order valence-electron chi connectivity index (χ1n) is 7.05. The molecule has 110 valence electrons. The van der Waals surface area contributed by atoms with Crippen LogP contribution >= 0.6 is 0 Å². The van der Waals surface area contributed by atoms with Crippen molar-refractivity contribution < 1.29 is 13.2 Å². The lowest BCUT2D eigenvalue weighted by molar-refractivity contribution is -0.137. The molecule has 0 radical (unpaired) electrons. The van der Waals surface area contributed by atoms with Gasteiger partial charge < -0.3 is 5.32 Å². The minimum atomic E-state index is -4.27. The van der Waals surface area contributed by atoms with E-state index in [0.29, 0.717) is 5.56 Å². The Balaban J connectivity index is 1.90. The molecule has 0 bridgehead atoms. The topological polar surface area (TPSA) is 12.0 Å². The second-order valence-corrected chi connectivity index (χ2v) is 5.30. The van der Waals surface area contributed by atoms with Gasteiger partial charge in [0.05, 0.1) is 5.56 Å². The van der Waals surface area contributed by atoms with E-state index in [1.54, 1.807) is 6.07 Å². The summed E-state index contributed by atoms with van der Waals surface area (Å²) in [6.07, 6.45) is 2.56. The number of nitrogens with one attached hydrogen (secondary N) is 1. The monoisotopic (exact) mass is 283 g/mol. The predicted octanol–water partition coefficient (Wildman–Crippen LogP) is 4.86. The minimum absolute atomic E-state index is 0.0701. The zero-order chi connectivity index (χ0) is 14.6. The summed E-state index contributed by atoms with van der Waals surface area (Å²) in [6, 6.07) is 5.48. The molecule has 1 aromatic carbocycles. The summed E-state index contributed by atoms with van der Waals surface area (Å²) in [6.45, 7) is 2.71. The van der Waals surface area contributed by atoms with Crippen molar-refractivity contribution in [2.75, 3.05) is 6.54 Å². The normalized spacial score (nSPS) is 17.1. The molecule has 0 aliphatic heterocycles. The van der Waals surface area contributed by atoms with Crippen molar-refractivity contribution in [1.82, 2.24) is 5.32 Å². The third-order valence-corrected chi connectivity index (χ3v) is 3.75. The summed E-state index contributed by atoms with van der Waals surface area (Å²) in [4.78, 5) is 0. The highest BCUT2D eigenvalue weighted by Gasteiger charge is 2.30. The van der Waals surface area contributed by atoms with E-state index in [-0.39, 0.29) is 6.04 Å². The standard InChI is InChI=1S/C16H20F3N/c1-12(20-10-9-13-5-2-3-6-13)14-7-4-8-15(11-14)16(17,18)19/h4-5,7-8,11-12,20H,2-3,6,9-10H2,1H3. The molecule has 0 fully saturated rings. The molecule has 1 unspecified atom stereocenters. The van der Waals surface area contributed by atoms with Crippen LogP contribution in [0.5, 0.6) is 0 Å².